The van der Waals surface area contributed by atoms with E-state index in [2.05, 4.69) is 20.6 Å². The molecule has 1 aromatic carbocycles. The number of imidazole rings is 1. The number of rotatable bonds is 6. The maximum Gasteiger partial charge on any atom is 0.315 e. The number of amides is 2. The lowest BCUT2D eigenvalue weighted by molar-refractivity contribution is 0.223. The number of para-hydroxylation sites is 2. The Morgan fingerprint density at radius 1 is 1.28 bits per heavy atom. The van der Waals surface area contributed by atoms with Gasteiger partial charge in [0.05, 0.1) is 29.4 Å². The topological polar surface area (TPSA) is 86.2 Å². The summed E-state index contributed by atoms with van der Waals surface area (Å²) in [6.45, 7) is 2.34. The van der Waals surface area contributed by atoms with Gasteiger partial charge in [0.15, 0.2) is 0 Å². The van der Waals surface area contributed by atoms with Crippen molar-refractivity contribution in [3.05, 3.63) is 54.2 Å². The SMILES string of the molecule is CC(NC(=O)NCC(c1ccco1)N(C)C)c1nc2ccccc2[nH]1. The molecule has 2 heterocycles. The van der Waals surface area contributed by atoms with Crippen LogP contribution in [0.3, 0.4) is 0 Å². The number of likely N-dealkylation sites (N-methyl/N-ethyl adjacent to an activating group) is 1. The molecular formula is C18H23N5O2. The maximum absolute atomic E-state index is 12.2. The van der Waals surface area contributed by atoms with Gasteiger partial charge >= 0.3 is 6.03 Å². The van der Waals surface area contributed by atoms with Gasteiger partial charge < -0.3 is 20.0 Å². The number of carbonyl (C=O) groups is 1. The van der Waals surface area contributed by atoms with Crippen LogP contribution < -0.4 is 10.6 Å². The highest BCUT2D eigenvalue weighted by Crippen LogP contribution is 2.18. The number of hydrogen-bond acceptors (Lipinski definition) is 4. The third kappa shape index (κ3) is 4.00. The molecule has 3 N–H and O–H groups in total. The van der Waals surface area contributed by atoms with Crippen molar-refractivity contribution in [2.24, 2.45) is 0 Å². The van der Waals surface area contributed by atoms with E-state index in [4.69, 9.17) is 4.42 Å². The van der Waals surface area contributed by atoms with Gasteiger partial charge in [-0.15, -0.1) is 0 Å². The first kappa shape index (κ1) is 17.0. The van der Waals surface area contributed by atoms with E-state index in [0.29, 0.717) is 6.54 Å². The largest absolute Gasteiger partial charge is 0.468 e. The van der Waals surface area contributed by atoms with Crippen LogP contribution >= 0.6 is 0 Å². The van der Waals surface area contributed by atoms with Crippen molar-refractivity contribution >= 4 is 17.1 Å². The average Bonchev–Trinajstić information content (AvgIpc) is 3.24. The zero-order valence-corrected chi connectivity index (χ0v) is 14.6. The Hall–Kier alpha value is -2.80. The predicted octanol–water partition coefficient (Wildman–Crippen LogP) is 2.82. The number of carbonyl (C=O) groups excluding carboxylic acids is 1. The first-order chi connectivity index (χ1) is 12.0. The summed E-state index contributed by atoms with van der Waals surface area (Å²) in [6.07, 6.45) is 1.63. The van der Waals surface area contributed by atoms with Crippen LogP contribution in [0, 0.1) is 0 Å². The summed E-state index contributed by atoms with van der Waals surface area (Å²) in [6, 6.07) is 11.0. The van der Waals surface area contributed by atoms with E-state index in [-0.39, 0.29) is 18.1 Å². The minimum absolute atomic E-state index is 0.0257. The van der Waals surface area contributed by atoms with Crippen molar-refractivity contribution in [2.75, 3.05) is 20.6 Å². The molecule has 0 saturated carbocycles. The number of benzene rings is 1. The van der Waals surface area contributed by atoms with Crippen molar-refractivity contribution in [3.8, 4) is 0 Å². The second kappa shape index (κ2) is 7.40. The summed E-state index contributed by atoms with van der Waals surface area (Å²) in [5, 5.41) is 5.80. The normalized spacial score (nSPS) is 13.8. The molecule has 25 heavy (non-hydrogen) atoms. The van der Waals surface area contributed by atoms with Crippen molar-refractivity contribution in [1.29, 1.82) is 0 Å². The van der Waals surface area contributed by atoms with E-state index >= 15 is 0 Å². The van der Waals surface area contributed by atoms with Crippen LogP contribution in [0.5, 0.6) is 0 Å². The molecule has 2 aromatic heterocycles. The van der Waals surface area contributed by atoms with E-state index in [1.165, 1.54) is 0 Å². The Morgan fingerprint density at radius 3 is 2.76 bits per heavy atom. The minimum Gasteiger partial charge on any atom is -0.468 e. The number of nitrogens with one attached hydrogen (secondary N) is 3. The Labute approximate surface area is 146 Å². The van der Waals surface area contributed by atoms with Gasteiger partial charge in [-0.05, 0) is 45.3 Å². The fraction of sp³-hybridized carbons (Fsp3) is 0.333. The van der Waals surface area contributed by atoms with Gasteiger partial charge in [-0.2, -0.15) is 0 Å². The fourth-order valence-electron chi connectivity index (χ4n) is 2.70. The van der Waals surface area contributed by atoms with Crippen molar-refractivity contribution < 1.29 is 9.21 Å². The molecule has 0 saturated heterocycles. The number of fused-ring (bicyclic) bond motifs is 1. The summed E-state index contributed by atoms with van der Waals surface area (Å²) in [5.41, 5.74) is 1.84. The van der Waals surface area contributed by atoms with Crippen molar-refractivity contribution in [2.45, 2.75) is 19.0 Å². The molecule has 0 aliphatic rings. The Kier molecular flexibility index (Phi) is 5.04. The number of H-pyrrole nitrogens is 1. The minimum atomic E-state index is -0.244. The molecule has 0 aliphatic carbocycles. The molecule has 2 unspecified atom stereocenters. The lowest BCUT2D eigenvalue weighted by atomic mass is 10.2. The molecule has 0 spiro atoms. The zero-order chi connectivity index (χ0) is 17.8. The molecule has 0 aliphatic heterocycles. The monoisotopic (exact) mass is 341 g/mol. The lowest BCUT2D eigenvalue weighted by Crippen LogP contribution is -2.41. The fourth-order valence-corrected chi connectivity index (χ4v) is 2.70. The zero-order valence-electron chi connectivity index (χ0n) is 14.6. The molecule has 0 radical (unpaired) electrons. The molecule has 3 rings (SSSR count). The van der Waals surface area contributed by atoms with Crippen LogP contribution in [0.2, 0.25) is 0 Å². The van der Waals surface area contributed by atoms with Gasteiger partial charge in [0.1, 0.15) is 11.6 Å². The molecule has 3 aromatic rings. The highest BCUT2D eigenvalue weighted by Gasteiger charge is 2.19. The standard InChI is InChI=1S/C18H23N5O2/c1-12(17-21-13-7-4-5-8-14(13)22-17)20-18(24)19-11-15(23(2)3)16-9-6-10-25-16/h4-10,12,15H,11H2,1-3H3,(H,21,22)(H2,19,20,24). The van der Waals surface area contributed by atoms with Crippen LogP contribution in [0.4, 0.5) is 4.79 Å². The molecule has 7 heteroatoms. The summed E-state index contributed by atoms with van der Waals surface area (Å²) >= 11 is 0. The second-order valence-corrected chi connectivity index (χ2v) is 6.21. The number of furan rings is 1. The lowest BCUT2D eigenvalue weighted by Gasteiger charge is -2.23. The number of nitrogens with zero attached hydrogens (tertiary/aromatic N) is 2. The third-order valence-electron chi connectivity index (χ3n) is 4.12. The first-order valence-corrected chi connectivity index (χ1v) is 8.23. The number of hydrogen-bond donors (Lipinski definition) is 3. The summed E-state index contributed by atoms with van der Waals surface area (Å²) in [5.74, 6) is 1.54. The molecule has 7 nitrogen and oxygen atoms in total. The molecule has 0 bridgehead atoms. The summed E-state index contributed by atoms with van der Waals surface area (Å²) in [7, 11) is 3.90. The molecular weight excluding hydrogens is 318 g/mol. The number of aromatic amines is 1. The Bertz CT molecular complexity index is 792. The Balaban J connectivity index is 1.58. The molecule has 2 atom stereocenters. The quantitative estimate of drug-likeness (QED) is 0.643. The van der Waals surface area contributed by atoms with Crippen molar-refractivity contribution in [3.63, 3.8) is 0 Å². The van der Waals surface area contributed by atoms with E-state index in [9.17, 15) is 4.79 Å². The van der Waals surface area contributed by atoms with Gasteiger partial charge in [-0.3, -0.25) is 4.90 Å². The van der Waals surface area contributed by atoms with Crippen LogP contribution in [0.1, 0.15) is 30.6 Å². The molecule has 2 amide bonds. The van der Waals surface area contributed by atoms with Gasteiger partial charge in [-0.25, -0.2) is 9.78 Å². The Morgan fingerprint density at radius 2 is 2.08 bits per heavy atom. The van der Waals surface area contributed by atoms with Gasteiger partial charge in [-0.1, -0.05) is 12.1 Å². The smallest absolute Gasteiger partial charge is 0.315 e. The van der Waals surface area contributed by atoms with Crippen LogP contribution in [-0.4, -0.2) is 41.5 Å². The van der Waals surface area contributed by atoms with Crippen LogP contribution in [0.25, 0.3) is 11.0 Å². The van der Waals surface area contributed by atoms with Gasteiger partial charge in [0, 0.05) is 6.54 Å². The third-order valence-corrected chi connectivity index (χ3v) is 4.12. The highest BCUT2D eigenvalue weighted by atomic mass is 16.3. The number of urea groups is 1. The average molecular weight is 341 g/mol. The van der Waals surface area contributed by atoms with E-state index in [0.717, 1.165) is 22.6 Å². The maximum atomic E-state index is 12.2. The predicted molar refractivity (Wildman–Crippen MR) is 96.2 cm³/mol. The molecule has 132 valence electrons. The van der Waals surface area contributed by atoms with E-state index < -0.39 is 0 Å². The first-order valence-electron chi connectivity index (χ1n) is 8.23. The van der Waals surface area contributed by atoms with Gasteiger partial charge in [0.2, 0.25) is 0 Å². The summed E-state index contributed by atoms with van der Waals surface area (Å²) in [4.78, 5) is 22.0. The number of aromatic nitrogens is 2. The highest BCUT2D eigenvalue weighted by molar-refractivity contribution is 5.76. The second-order valence-electron chi connectivity index (χ2n) is 6.21. The van der Waals surface area contributed by atoms with Crippen LogP contribution in [-0.2, 0) is 0 Å². The summed E-state index contributed by atoms with van der Waals surface area (Å²) < 4.78 is 5.44. The van der Waals surface area contributed by atoms with Crippen LogP contribution in [0.15, 0.2) is 47.1 Å². The van der Waals surface area contributed by atoms with Crippen molar-refractivity contribution in [1.82, 2.24) is 25.5 Å². The van der Waals surface area contributed by atoms with E-state index in [1.807, 2.05) is 62.3 Å². The molecule has 0 fully saturated rings. The van der Waals surface area contributed by atoms with E-state index in [1.54, 1.807) is 6.26 Å². The van der Waals surface area contributed by atoms with Gasteiger partial charge in [0.25, 0.3) is 0 Å².